The molecule has 54 valence electrons. The molecule has 0 aromatic rings. The van der Waals surface area contributed by atoms with E-state index < -0.39 is 11.5 Å². The Morgan fingerprint density at radius 2 is 2.33 bits per heavy atom. The highest BCUT2D eigenvalue weighted by Crippen LogP contribution is 2.01. The second-order valence-electron chi connectivity index (χ2n) is 1.98. The molecule has 0 heterocycles. The molecule has 0 saturated heterocycles. The van der Waals surface area contributed by atoms with Crippen LogP contribution in [0.2, 0.25) is 0 Å². The summed E-state index contributed by atoms with van der Waals surface area (Å²) in [6, 6.07) is 0. The van der Waals surface area contributed by atoms with Gasteiger partial charge >= 0.3 is 5.97 Å². The van der Waals surface area contributed by atoms with Gasteiger partial charge in [0.05, 0.1) is 0 Å². The van der Waals surface area contributed by atoms with Crippen LogP contribution in [0.25, 0.3) is 0 Å². The summed E-state index contributed by atoms with van der Waals surface area (Å²) in [7, 11) is 0. The molecule has 1 atom stereocenters. The van der Waals surface area contributed by atoms with Gasteiger partial charge < -0.3 is 10.6 Å². The minimum atomic E-state index is -1.07. The van der Waals surface area contributed by atoms with E-state index in [0.29, 0.717) is 0 Å². The zero-order chi connectivity index (χ0) is 7.49. The molecule has 5 heteroatoms. The molecule has 4 N–H and O–H groups in total. The second-order valence-corrected chi connectivity index (χ2v) is 2.30. The third-order valence-electron chi connectivity index (χ3n) is 0.902. The molecule has 4 nitrogen and oxygen atoms in total. The topological polar surface area (TPSA) is 78.3 Å². The van der Waals surface area contributed by atoms with E-state index in [0.717, 1.165) is 0 Å². The van der Waals surface area contributed by atoms with Crippen LogP contribution in [0.15, 0.2) is 0 Å². The molecule has 9 heavy (non-hydrogen) atoms. The lowest BCUT2D eigenvalue weighted by atomic mass is 10.1. The van der Waals surface area contributed by atoms with Crippen molar-refractivity contribution in [3.05, 3.63) is 0 Å². The van der Waals surface area contributed by atoms with E-state index in [2.05, 4.69) is 23.4 Å². The summed E-state index contributed by atoms with van der Waals surface area (Å²) in [5.41, 5.74) is 4.27. The smallest absolute Gasteiger partial charge is 0.345 e. The van der Waals surface area contributed by atoms with Crippen LogP contribution in [0.5, 0.6) is 0 Å². The fourth-order valence-corrected chi connectivity index (χ4v) is 0.328. The number of carbonyl (C=O) groups excluding carboxylic acids is 1. The molecule has 0 aromatic heterocycles. The van der Waals surface area contributed by atoms with Gasteiger partial charge in [0.2, 0.25) is 0 Å². The molecular formula is C4H10N2O2S. The number of rotatable bonds is 2. The zero-order valence-electron chi connectivity index (χ0n) is 5.13. The van der Waals surface area contributed by atoms with Crippen LogP contribution in [0, 0.1) is 0 Å². The largest absolute Gasteiger partial charge is 0.372 e. The lowest BCUT2D eigenvalue weighted by Crippen LogP contribution is -2.48. The fourth-order valence-electron chi connectivity index (χ4n) is 0.199. The maximum Gasteiger partial charge on any atom is 0.345 e. The highest BCUT2D eigenvalue weighted by molar-refractivity contribution is 7.80. The Balaban J connectivity index is 3.97. The summed E-state index contributed by atoms with van der Waals surface area (Å²) in [4.78, 5) is 14.4. The molecule has 0 aromatic carbocycles. The van der Waals surface area contributed by atoms with Crippen LogP contribution in [-0.4, -0.2) is 17.3 Å². The Labute approximate surface area is 58.9 Å². The van der Waals surface area contributed by atoms with Gasteiger partial charge in [-0.1, -0.05) is 0 Å². The summed E-state index contributed by atoms with van der Waals surface area (Å²) >= 11 is 3.81. The van der Waals surface area contributed by atoms with E-state index in [4.69, 9.17) is 5.73 Å². The summed E-state index contributed by atoms with van der Waals surface area (Å²) in [5.74, 6) is 4.13. The van der Waals surface area contributed by atoms with Gasteiger partial charge in [-0.15, -0.1) is 0 Å². The van der Waals surface area contributed by atoms with Crippen LogP contribution in [-0.2, 0) is 9.63 Å². The third-order valence-corrected chi connectivity index (χ3v) is 1.56. The quantitative estimate of drug-likeness (QED) is 0.350. The van der Waals surface area contributed by atoms with Gasteiger partial charge in [0, 0.05) is 5.75 Å². The van der Waals surface area contributed by atoms with Crippen molar-refractivity contribution in [1.82, 2.24) is 0 Å². The van der Waals surface area contributed by atoms with E-state index >= 15 is 0 Å². The SMILES string of the molecule is C[C@](N)(CS)C(=O)ON. The highest BCUT2D eigenvalue weighted by Gasteiger charge is 2.27. The molecule has 0 rings (SSSR count). The van der Waals surface area contributed by atoms with Gasteiger partial charge in [0.25, 0.3) is 0 Å². The third kappa shape index (κ3) is 2.21. The van der Waals surface area contributed by atoms with Crippen molar-refractivity contribution in [3.63, 3.8) is 0 Å². The van der Waals surface area contributed by atoms with Crippen LogP contribution >= 0.6 is 12.6 Å². The standard InChI is InChI=1S/C4H10N2O2S/c1-4(5,2-9)3(7)8-6/h9H,2,5-6H2,1H3/t4-/m0/s1. The maximum absolute atomic E-state index is 10.5. The lowest BCUT2D eigenvalue weighted by Gasteiger charge is -2.16. The first-order chi connectivity index (χ1) is 4.04. The lowest BCUT2D eigenvalue weighted by molar-refractivity contribution is -0.149. The fraction of sp³-hybridized carbons (Fsp3) is 0.750. The average molecular weight is 150 g/mol. The number of nitrogens with two attached hydrogens (primary N) is 2. The van der Waals surface area contributed by atoms with Crippen molar-refractivity contribution in [2.45, 2.75) is 12.5 Å². The molecule has 0 aliphatic carbocycles. The normalized spacial score (nSPS) is 16.4. The van der Waals surface area contributed by atoms with E-state index in [9.17, 15) is 4.79 Å². The Kier molecular flexibility index (Phi) is 2.96. The molecule has 0 radical (unpaired) electrons. The van der Waals surface area contributed by atoms with Crippen molar-refractivity contribution >= 4 is 18.6 Å². The predicted octanol–water partition coefficient (Wildman–Crippen LogP) is -0.950. The second kappa shape index (κ2) is 3.05. The van der Waals surface area contributed by atoms with Crippen LogP contribution in [0.1, 0.15) is 6.92 Å². The van der Waals surface area contributed by atoms with Crippen molar-refractivity contribution < 1.29 is 9.63 Å². The number of carbonyl (C=O) groups is 1. The molecule has 0 fully saturated rings. The van der Waals surface area contributed by atoms with Crippen molar-refractivity contribution in [2.75, 3.05) is 5.75 Å². The summed E-state index contributed by atoms with van der Waals surface area (Å²) < 4.78 is 0. The van der Waals surface area contributed by atoms with Crippen LogP contribution in [0.4, 0.5) is 0 Å². The molecule has 0 saturated carbocycles. The number of hydrogen-bond acceptors (Lipinski definition) is 5. The minimum Gasteiger partial charge on any atom is -0.372 e. The van der Waals surface area contributed by atoms with Crippen LogP contribution in [0.3, 0.4) is 0 Å². The highest BCUT2D eigenvalue weighted by atomic mass is 32.1. The molecule has 0 aliphatic rings. The Bertz CT molecular complexity index is 115. The Morgan fingerprint density at radius 1 is 1.89 bits per heavy atom. The van der Waals surface area contributed by atoms with E-state index in [-0.39, 0.29) is 5.75 Å². The van der Waals surface area contributed by atoms with Gasteiger partial charge in [-0.05, 0) is 6.92 Å². The first-order valence-corrected chi connectivity index (χ1v) is 2.98. The predicted molar refractivity (Wildman–Crippen MR) is 36.7 cm³/mol. The minimum absolute atomic E-state index is 0.211. The molecule has 0 amide bonds. The zero-order valence-corrected chi connectivity index (χ0v) is 6.02. The number of hydrogen-bond donors (Lipinski definition) is 3. The summed E-state index contributed by atoms with van der Waals surface area (Å²) in [5, 5.41) is 0. The maximum atomic E-state index is 10.5. The van der Waals surface area contributed by atoms with Gasteiger partial charge in [-0.3, -0.25) is 0 Å². The van der Waals surface area contributed by atoms with Gasteiger partial charge in [-0.25, -0.2) is 4.79 Å². The van der Waals surface area contributed by atoms with Gasteiger partial charge in [0.15, 0.2) is 0 Å². The van der Waals surface area contributed by atoms with E-state index in [1.165, 1.54) is 6.92 Å². The number of thiol groups is 1. The molecule has 0 spiro atoms. The van der Waals surface area contributed by atoms with Gasteiger partial charge in [-0.2, -0.15) is 18.5 Å². The van der Waals surface area contributed by atoms with Crippen molar-refractivity contribution in [3.8, 4) is 0 Å². The van der Waals surface area contributed by atoms with Crippen molar-refractivity contribution in [1.29, 1.82) is 0 Å². The first-order valence-electron chi connectivity index (χ1n) is 2.35. The first kappa shape index (κ1) is 8.74. The van der Waals surface area contributed by atoms with Gasteiger partial charge in [0.1, 0.15) is 5.54 Å². The summed E-state index contributed by atoms with van der Waals surface area (Å²) in [6.07, 6.45) is 0. The van der Waals surface area contributed by atoms with E-state index in [1.54, 1.807) is 0 Å². The Morgan fingerprint density at radius 3 is 2.44 bits per heavy atom. The van der Waals surface area contributed by atoms with E-state index in [1.807, 2.05) is 0 Å². The molecule has 0 bridgehead atoms. The summed E-state index contributed by atoms with van der Waals surface area (Å²) in [6.45, 7) is 1.50. The molecular weight excluding hydrogens is 140 g/mol. The molecule has 0 aliphatic heterocycles. The Hall–Kier alpha value is -0.260. The van der Waals surface area contributed by atoms with Crippen molar-refractivity contribution in [2.24, 2.45) is 11.6 Å². The van der Waals surface area contributed by atoms with Crippen LogP contribution < -0.4 is 11.6 Å². The molecule has 0 unspecified atom stereocenters. The average Bonchev–Trinajstić information content (AvgIpc) is 1.86. The monoisotopic (exact) mass is 150 g/mol.